The zero-order valence-corrected chi connectivity index (χ0v) is 22.9. The summed E-state index contributed by atoms with van der Waals surface area (Å²) < 4.78 is 42.6. The molecule has 0 amide bonds. The number of ketones is 1. The number of carbonyl (C=O) groups excluding carboxylic acids is 1. The number of benzene rings is 1. The molecule has 3 heterocycles. The Kier molecular flexibility index (Phi) is 6.25. The van der Waals surface area contributed by atoms with E-state index in [1.165, 1.54) is 24.4 Å². The van der Waals surface area contributed by atoms with Gasteiger partial charge in [0, 0.05) is 40.9 Å². The smallest absolute Gasteiger partial charge is 0.269 e. The molecule has 202 valence electrons. The van der Waals surface area contributed by atoms with Crippen molar-refractivity contribution < 1.29 is 17.6 Å². The van der Waals surface area contributed by atoms with Crippen LogP contribution >= 0.6 is 0 Å². The van der Waals surface area contributed by atoms with Gasteiger partial charge < -0.3 is 5.32 Å². The summed E-state index contributed by atoms with van der Waals surface area (Å²) in [6.07, 6.45) is 8.39. The topological polar surface area (TPSA) is 107 Å². The monoisotopic (exact) mass is 547 g/mol. The summed E-state index contributed by atoms with van der Waals surface area (Å²) in [5.74, 6) is 1.15. The molecule has 3 aliphatic rings. The second kappa shape index (κ2) is 9.51. The Balaban J connectivity index is 1.44. The fourth-order valence-corrected chi connectivity index (χ4v) is 7.68. The average Bonchev–Trinajstić information content (AvgIpc) is 3.30. The molecule has 0 spiro atoms. The highest BCUT2D eigenvalue weighted by Gasteiger charge is 2.46. The Morgan fingerprint density at radius 3 is 2.41 bits per heavy atom. The quantitative estimate of drug-likeness (QED) is 0.349. The molecule has 2 atom stereocenters. The highest BCUT2D eigenvalue weighted by Crippen LogP contribution is 2.46. The van der Waals surface area contributed by atoms with Crippen LogP contribution in [0.1, 0.15) is 43.7 Å². The zero-order chi connectivity index (χ0) is 27.5. The molecule has 0 radical (unpaired) electrons. The van der Waals surface area contributed by atoms with Crippen molar-refractivity contribution >= 4 is 32.7 Å². The molecule has 3 aromatic heterocycles. The number of carbonyl (C=O) groups is 1. The number of aryl methyl sites for hydroxylation is 2. The summed E-state index contributed by atoms with van der Waals surface area (Å²) in [6.45, 7) is 5.44. The number of hydrogen-bond donors (Lipinski definition) is 1. The van der Waals surface area contributed by atoms with Crippen LogP contribution in [0.25, 0.3) is 22.4 Å². The van der Waals surface area contributed by atoms with E-state index in [0.717, 1.165) is 47.0 Å². The molecule has 0 saturated heterocycles. The summed E-state index contributed by atoms with van der Waals surface area (Å²) in [7, 11) is -4.02. The van der Waals surface area contributed by atoms with E-state index in [4.69, 9.17) is 4.98 Å². The molecule has 1 unspecified atom stereocenters. The molecule has 3 fully saturated rings. The number of Topliss-reactive ketones (excluding diaryl/α,β-unsaturated/α-hetero) is 1. The first-order valence-corrected chi connectivity index (χ1v) is 14.7. The van der Waals surface area contributed by atoms with Gasteiger partial charge in [-0.05, 0) is 76.5 Å². The number of rotatable bonds is 6. The van der Waals surface area contributed by atoms with Gasteiger partial charge >= 0.3 is 0 Å². The largest absolute Gasteiger partial charge is 0.366 e. The van der Waals surface area contributed by atoms with Crippen LogP contribution in [-0.4, -0.2) is 39.2 Å². The number of aromatic nitrogens is 4. The van der Waals surface area contributed by atoms with Crippen molar-refractivity contribution in [1.29, 1.82) is 0 Å². The van der Waals surface area contributed by atoms with Crippen molar-refractivity contribution in [2.24, 2.45) is 17.8 Å². The normalized spacial score (nSPS) is 22.8. The third-order valence-electron chi connectivity index (χ3n) is 8.36. The number of fused-ring (bicyclic) bond motifs is 4. The number of nitrogens with one attached hydrogen (secondary N) is 1. The number of halogens is 1. The predicted octanol–water partition coefficient (Wildman–Crippen LogP) is 5.29. The van der Waals surface area contributed by atoms with E-state index in [1.807, 2.05) is 13.8 Å². The summed E-state index contributed by atoms with van der Waals surface area (Å²) in [5, 5.41) is 3.85. The number of hydrogen-bond acceptors (Lipinski definition) is 7. The fourth-order valence-electron chi connectivity index (χ4n) is 6.36. The zero-order valence-electron chi connectivity index (χ0n) is 22.1. The highest BCUT2D eigenvalue weighted by atomic mass is 32.2. The van der Waals surface area contributed by atoms with Crippen LogP contribution in [0.15, 0.2) is 53.8 Å². The first-order valence-electron chi connectivity index (χ1n) is 13.2. The van der Waals surface area contributed by atoms with Gasteiger partial charge in [0.05, 0.1) is 11.1 Å². The molecule has 4 aromatic rings. The summed E-state index contributed by atoms with van der Waals surface area (Å²) in [6, 6.07) is 7.75. The molecule has 10 heteroatoms. The van der Waals surface area contributed by atoms with Gasteiger partial charge in [-0.15, -0.1) is 0 Å². The summed E-state index contributed by atoms with van der Waals surface area (Å²) in [5.41, 5.74) is 2.18. The van der Waals surface area contributed by atoms with Crippen LogP contribution in [-0.2, 0) is 14.8 Å². The number of anilines is 1. The van der Waals surface area contributed by atoms with E-state index in [9.17, 15) is 17.6 Å². The first kappa shape index (κ1) is 25.6. The maximum absolute atomic E-state index is 14.4. The molecule has 3 aliphatic carbocycles. The van der Waals surface area contributed by atoms with E-state index in [2.05, 4.69) is 15.3 Å². The van der Waals surface area contributed by atoms with Gasteiger partial charge in [0.2, 0.25) is 0 Å². The van der Waals surface area contributed by atoms with E-state index in [1.54, 1.807) is 25.3 Å². The van der Waals surface area contributed by atoms with Crippen LogP contribution in [0.4, 0.5) is 10.2 Å². The maximum atomic E-state index is 14.4. The van der Waals surface area contributed by atoms with Crippen molar-refractivity contribution in [2.45, 2.75) is 57.4 Å². The Labute approximate surface area is 226 Å². The second-order valence-corrected chi connectivity index (χ2v) is 12.7. The molecular formula is C29H30FN5O3S. The predicted molar refractivity (Wildman–Crippen MR) is 146 cm³/mol. The molecule has 2 bridgehead atoms. The van der Waals surface area contributed by atoms with E-state index in [-0.39, 0.29) is 34.1 Å². The Bertz CT molecular complexity index is 1690. The minimum atomic E-state index is -4.02. The van der Waals surface area contributed by atoms with Gasteiger partial charge in [0.25, 0.3) is 10.0 Å². The van der Waals surface area contributed by atoms with Crippen LogP contribution < -0.4 is 5.32 Å². The Morgan fingerprint density at radius 1 is 1.03 bits per heavy atom. The molecule has 3 saturated carbocycles. The van der Waals surface area contributed by atoms with Crippen molar-refractivity contribution in [3.8, 4) is 11.4 Å². The molecule has 7 rings (SSSR count). The van der Waals surface area contributed by atoms with Crippen molar-refractivity contribution in [1.82, 2.24) is 18.9 Å². The van der Waals surface area contributed by atoms with Gasteiger partial charge in [0.1, 0.15) is 17.4 Å². The van der Waals surface area contributed by atoms with Crippen LogP contribution in [0, 0.1) is 37.4 Å². The molecular weight excluding hydrogens is 517 g/mol. The lowest BCUT2D eigenvalue weighted by Gasteiger charge is -2.48. The van der Waals surface area contributed by atoms with Gasteiger partial charge in [-0.25, -0.2) is 31.7 Å². The molecule has 1 N–H and O–H groups in total. The standard InChI is InChI=1S/C29H30FN5O3S/c1-16-4-10-22(11-5-16)39(37,38)35-15-24(23-12-21(30)14-32-29(23)35)28-31-13-17(2)27(34-28)33-26-20-8-6-19(7-9-20)25(26)18(3)36/h4-5,10-15,19-20,25-26H,6-9H2,1-3H3,(H,31,33,34)/t19-,20+,25-,26?/m0/s1. The SMILES string of the molecule is CC(=O)[C@@H]1C(Nc2nc(-c3cn(S(=O)(=O)c4ccc(C)cc4)c4ncc(F)cc34)ncc2C)[C@H]2CC[C@@H]1CC2. The molecule has 1 aromatic carbocycles. The number of pyridine rings is 1. The lowest BCUT2D eigenvalue weighted by molar-refractivity contribution is -0.126. The number of nitrogens with zero attached hydrogens (tertiary/aromatic N) is 4. The molecule has 39 heavy (non-hydrogen) atoms. The van der Waals surface area contributed by atoms with Crippen LogP contribution in [0.3, 0.4) is 0 Å². The summed E-state index contributed by atoms with van der Waals surface area (Å²) >= 11 is 0. The third kappa shape index (κ3) is 4.40. The maximum Gasteiger partial charge on any atom is 0.269 e. The summed E-state index contributed by atoms with van der Waals surface area (Å²) in [4.78, 5) is 26.1. The third-order valence-corrected chi connectivity index (χ3v) is 10.0. The van der Waals surface area contributed by atoms with E-state index >= 15 is 0 Å². The van der Waals surface area contributed by atoms with Gasteiger partial charge in [-0.3, -0.25) is 4.79 Å². The Morgan fingerprint density at radius 2 is 1.72 bits per heavy atom. The average molecular weight is 548 g/mol. The molecule has 0 aliphatic heterocycles. The second-order valence-electron chi connectivity index (χ2n) is 10.9. The minimum Gasteiger partial charge on any atom is -0.366 e. The van der Waals surface area contributed by atoms with E-state index < -0.39 is 15.8 Å². The van der Waals surface area contributed by atoms with Crippen molar-refractivity contribution in [2.75, 3.05) is 5.32 Å². The van der Waals surface area contributed by atoms with Gasteiger partial charge in [0.15, 0.2) is 11.5 Å². The molecule has 8 nitrogen and oxygen atoms in total. The highest BCUT2D eigenvalue weighted by molar-refractivity contribution is 7.90. The van der Waals surface area contributed by atoms with Crippen LogP contribution in [0.5, 0.6) is 0 Å². The van der Waals surface area contributed by atoms with Crippen molar-refractivity contribution in [3.63, 3.8) is 0 Å². The Hall–Kier alpha value is -3.66. The van der Waals surface area contributed by atoms with Crippen molar-refractivity contribution in [3.05, 3.63) is 65.9 Å². The fraction of sp³-hybridized carbons (Fsp3) is 0.379. The van der Waals surface area contributed by atoms with E-state index in [0.29, 0.717) is 28.6 Å². The van der Waals surface area contributed by atoms with Gasteiger partial charge in [-0.1, -0.05) is 17.7 Å². The lowest BCUT2D eigenvalue weighted by Crippen LogP contribution is -2.51. The minimum absolute atomic E-state index is 0.0150. The van der Waals surface area contributed by atoms with Crippen LogP contribution in [0.2, 0.25) is 0 Å². The van der Waals surface area contributed by atoms with Gasteiger partial charge in [-0.2, -0.15) is 0 Å². The lowest BCUT2D eigenvalue weighted by atomic mass is 9.60. The first-order chi connectivity index (χ1) is 18.6.